The van der Waals surface area contributed by atoms with Crippen molar-refractivity contribution in [1.82, 2.24) is 20.0 Å². The van der Waals surface area contributed by atoms with Crippen molar-refractivity contribution in [3.05, 3.63) is 53.4 Å². The Morgan fingerprint density at radius 2 is 2.07 bits per heavy atom. The van der Waals surface area contributed by atoms with Crippen molar-refractivity contribution in [3.8, 4) is 0 Å². The normalized spacial score (nSPS) is 23.3. The molecule has 30 heavy (non-hydrogen) atoms. The first-order valence-corrected chi connectivity index (χ1v) is 10.9. The summed E-state index contributed by atoms with van der Waals surface area (Å²) in [6.07, 6.45) is 15.5. The van der Waals surface area contributed by atoms with E-state index in [-0.39, 0.29) is 12.1 Å². The fourth-order valence-electron chi connectivity index (χ4n) is 3.86. The summed E-state index contributed by atoms with van der Waals surface area (Å²) in [4.78, 5) is 7.01. The minimum absolute atomic E-state index is 0.211. The third kappa shape index (κ3) is 4.73. The molecule has 2 heterocycles. The summed E-state index contributed by atoms with van der Waals surface area (Å²) in [7, 11) is 2.01. The second kappa shape index (κ2) is 9.89. The van der Waals surface area contributed by atoms with Crippen LogP contribution in [0.25, 0.3) is 0 Å². The highest BCUT2D eigenvalue weighted by molar-refractivity contribution is 6.13. The zero-order valence-corrected chi connectivity index (χ0v) is 18.5. The Bertz CT molecular complexity index is 868. The van der Waals surface area contributed by atoms with Crippen LogP contribution < -0.4 is 5.32 Å². The molecule has 0 radical (unpaired) electrons. The number of likely N-dealkylation sites (N-methyl/N-ethyl adjacent to an activating group) is 1. The molecular formula is C23H34N6O. The molecular weight excluding hydrogens is 376 g/mol. The number of aromatic nitrogens is 2. The highest BCUT2D eigenvalue weighted by Crippen LogP contribution is 2.26. The summed E-state index contributed by atoms with van der Waals surface area (Å²) in [6.45, 7) is 6.48. The van der Waals surface area contributed by atoms with E-state index in [0.29, 0.717) is 11.6 Å². The van der Waals surface area contributed by atoms with Gasteiger partial charge in [0, 0.05) is 49.0 Å². The number of hydrogen-bond acceptors (Lipinski definition) is 6. The van der Waals surface area contributed by atoms with Gasteiger partial charge in [0.05, 0.1) is 35.4 Å². The van der Waals surface area contributed by atoms with Crippen molar-refractivity contribution in [1.29, 1.82) is 5.41 Å². The van der Waals surface area contributed by atoms with Crippen molar-refractivity contribution in [2.45, 2.75) is 71.1 Å². The number of aliphatic imine (C=N–C) groups is 1. The van der Waals surface area contributed by atoms with Gasteiger partial charge in [-0.15, -0.1) is 0 Å². The summed E-state index contributed by atoms with van der Waals surface area (Å²) >= 11 is 0. The summed E-state index contributed by atoms with van der Waals surface area (Å²) < 4.78 is 2.04. The number of allylic oxidation sites excluding steroid dienone is 3. The second-order valence-electron chi connectivity index (χ2n) is 8.00. The van der Waals surface area contributed by atoms with Crippen LogP contribution in [0.4, 0.5) is 0 Å². The highest BCUT2D eigenvalue weighted by atomic mass is 16.3. The van der Waals surface area contributed by atoms with Gasteiger partial charge in [0.2, 0.25) is 0 Å². The molecule has 1 aromatic rings. The average Bonchev–Trinajstić information content (AvgIpc) is 3.19. The summed E-state index contributed by atoms with van der Waals surface area (Å²) in [6, 6.07) is 0.641. The molecule has 3 rings (SSSR count). The molecule has 162 valence electrons. The Morgan fingerprint density at radius 3 is 2.67 bits per heavy atom. The van der Waals surface area contributed by atoms with Crippen LogP contribution in [-0.2, 0) is 0 Å². The van der Waals surface area contributed by atoms with Crippen LogP contribution in [0, 0.1) is 5.41 Å². The smallest absolute Gasteiger partial charge is 0.0974 e. The Labute approximate surface area is 179 Å². The Kier molecular flexibility index (Phi) is 7.26. The Morgan fingerprint density at radius 1 is 1.33 bits per heavy atom. The van der Waals surface area contributed by atoms with Crippen LogP contribution in [0.1, 0.15) is 64.5 Å². The molecule has 1 saturated carbocycles. The zero-order chi connectivity index (χ0) is 21.7. The van der Waals surface area contributed by atoms with Crippen molar-refractivity contribution in [2.75, 3.05) is 7.05 Å². The van der Waals surface area contributed by atoms with E-state index >= 15 is 0 Å². The maximum absolute atomic E-state index is 9.48. The van der Waals surface area contributed by atoms with Crippen molar-refractivity contribution in [2.24, 2.45) is 4.99 Å². The summed E-state index contributed by atoms with van der Waals surface area (Å²) in [5.41, 5.74) is 4.35. The lowest BCUT2D eigenvalue weighted by atomic mass is 9.90. The van der Waals surface area contributed by atoms with Crippen LogP contribution in [0.5, 0.6) is 0 Å². The molecule has 0 saturated heterocycles. The first-order valence-electron chi connectivity index (χ1n) is 10.9. The standard InChI is InChI=1S/C23H34N6O/c1-5-8-22-23(17-13-26-29(14-17)19(6-2)7-3)27-21(15-28(22)4)16(11-24)12-25-18-9-20(30)10-18/h8,11-15,18-20,24-25,30H,5-7,9-10H2,1-4H3/b16-12+,22-8-,24-11?/t18-,20+. The SMILES string of the molecule is CC/C=C1/C(c2cnn(C(CC)CC)c2)=NC(/C(C=N)=C/N[C@H]2C[C@@H](O)C2)=CN1C. The lowest BCUT2D eigenvalue weighted by Crippen LogP contribution is -2.42. The van der Waals surface area contributed by atoms with Crippen LogP contribution in [0.3, 0.4) is 0 Å². The fraction of sp³-hybridized carbons (Fsp3) is 0.522. The van der Waals surface area contributed by atoms with Crippen LogP contribution >= 0.6 is 0 Å². The summed E-state index contributed by atoms with van der Waals surface area (Å²) in [5, 5.41) is 25.3. The molecule has 7 heteroatoms. The molecule has 1 aliphatic carbocycles. The third-order valence-corrected chi connectivity index (χ3v) is 5.80. The van der Waals surface area contributed by atoms with Gasteiger partial charge in [-0.1, -0.05) is 26.8 Å². The van der Waals surface area contributed by atoms with Gasteiger partial charge in [0.15, 0.2) is 0 Å². The van der Waals surface area contributed by atoms with Crippen LogP contribution in [0.15, 0.2) is 52.8 Å². The van der Waals surface area contributed by atoms with Gasteiger partial charge in [-0.05, 0) is 32.1 Å². The molecule has 0 unspecified atom stereocenters. The number of nitrogens with one attached hydrogen (secondary N) is 2. The molecule has 1 aromatic heterocycles. The average molecular weight is 411 g/mol. The maximum atomic E-state index is 9.48. The molecule has 0 atom stereocenters. The van der Waals surface area contributed by atoms with Crippen molar-refractivity contribution >= 4 is 11.9 Å². The minimum atomic E-state index is -0.211. The monoisotopic (exact) mass is 410 g/mol. The molecule has 0 aromatic carbocycles. The van der Waals surface area contributed by atoms with E-state index in [2.05, 4.69) is 48.4 Å². The predicted molar refractivity (Wildman–Crippen MR) is 122 cm³/mol. The fourth-order valence-corrected chi connectivity index (χ4v) is 3.86. The predicted octanol–water partition coefficient (Wildman–Crippen LogP) is 3.76. The molecule has 1 aliphatic heterocycles. The number of hydrogen-bond donors (Lipinski definition) is 3. The van der Waals surface area contributed by atoms with Crippen molar-refractivity contribution in [3.63, 3.8) is 0 Å². The second-order valence-corrected chi connectivity index (χ2v) is 8.00. The number of rotatable bonds is 9. The summed E-state index contributed by atoms with van der Waals surface area (Å²) in [5.74, 6) is 0. The largest absolute Gasteiger partial charge is 0.393 e. The lowest BCUT2D eigenvalue weighted by molar-refractivity contribution is 0.0677. The molecule has 0 amide bonds. The van der Waals surface area contributed by atoms with Gasteiger partial charge >= 0.3 is 0 Å². The van der Waals surface area contributed by atoms with Crippen molar-refractivity contribution < 1.29 is 5.11 Å². The molecule has 3 N–H and O–H groups in total. The van der Waals surface area contributed by atoms with Gasteiger partial charge in [0.25, 0.3) is 0 Å². The Hall–Kier alpha value is -2.67. The van der Waals surface area contributed by atoms with E-state index in [4.69, 9.17) is 10.4 Å². The number of aliphatic hydroxyl groups is 1. The van der Waals surface area contributed by atoms with Gasteiger partial charge in [-0.25, -0.2) is 4.99 Å². The molecule has 2 aliphatic rings. The lowest BCUT2D eigenvalue weighted by Gasteiger charge is -2.32. The number of aliphatic hydroxyl groups excluding tert-OH is 1. The molecule has 1 fully saturated rings. The quantitative estimate of drug-likeness (QED) is 0.541. The van der Waals surface area contributed by atoms with Gasteiger partial charge < -0.3 is 20.7 Å². The molecule has 0 bridgehead atoms. The van der Waals surface area contributed by atoms with Gasteiger partial charge in [0.1, 0.15) is 0 Å². The zero-order valence-electron chi connectivity index (χ0n) is 18.5. The van der Waals surface area contributed by atoms with E-state index in [1.165, 1.54) is 6.21 Å². The van der Waals surface area contributed by atoms with E-state index in [1.807, 2.05) is 30.3 Å². The topological polar surface area (TPSA) is 89.5 Å². The van der Waals surface area contributed by atoms with E-state index in [9.17, 15) is 5.11 Å². The maximum Gasteiger partial charge on any atom is 0.0974 e. The first-order chi connectivity index (χ1) is 14.5. The molecule has 7 nitrogen and oxygen atoms in total. The third-order valence-electron chi connectivity index (χ3n) is 5.80. The molecule has 0 spiro atoms. The van der Waals surface area contributed by atoms with E-state index in [1.54, 1.807) is 0 Å². The van der Waals surface area contributed by atoms with Crippen LogP contribution in [-0.4, -0.2) is 50.9 Å². The van der Waals surface area contributed by atoms with Gasteiger partial charge in [-0.2, -0.15) is 5.10 Å². The van der Waals surface area contributed by atoms with E-state index < -0.39 is 0 Å². The van der Waals surface area contributed by atoms with Crippen LogP contribution in [0.2, 0.25) is 0 Å². The number of nitrogens with zero attached hydrogens (tertiary/aromatic N) is 4. The first kappa shape index (κ1) is 22.0. The minimum Gasteiger partial charge on any atom is -0.393 e. The highest BCUT2D eigenvalue weighted by Gasteiger charge is 2.26. The Balaban J connectivity index is 1.93. The van der Waals surface area contributed by atoms with E-state index in [0.717, 1.165) is 54.8 Å². The van der Waals surface area contributed by atoms with Gasteiger partial charge in [-0.3, -0.25) is 4.68 Å².